The lowest BCUT2D eigenvalue weighted by molar-refractivity contribution is -0.125. The van der Waals surface area contributed by atoms with Crippen LogP contribution in [0, 0.1) is 6.92 Å². The van der Waals surface area contributed by atoms with Crippen LogP contribution in [-0.2, 0) is 9.59 Å². The van der Waals surface area contributed by atoms with E-state index in [4.69, 9.17) is 9.47 Å². The molecule has 1 N–H and O–H groups in total. The van der Waals surface area contributed by atoms with Crippen molar-refractivity contribution in [3.63, 3.8) is 0 Å². The molecule has 154 valence electrons. The van der Waals surface area contributed by atoms with Crippen LogP contribution in [0.25, 0.3) is 0 Å². The Morgan fingerprint density at radius 3 is 2.83 bits per heavy atom. The highest BCUT2D eigenvalue weighted by molar-refractivity contribution is 6.00. The molecule has 0 fully saturated rings. The molecule has 1 aliphatic rings. The van der Waals surface area contributed by atoms with Crippen molar-refractivity contribution in [2.45, 2.75) is 46.1 Å². The molecule has 1 atom stereocenters. The number of carbonyl (C=O) groups excluding carboxylic acids is 2. The van der Waals surface area contributed by atoms with E-state index >= 15 is 0 Å². The van der Waals surface area contributed by atoms with Crippen molar-refractivity contribution in [3.8, 4) is 11.5 Å². The minimum atomic E-state index is -0.590. The van der Waals surface area contributed by atoms with Crippen molar-refractivity contribution in [1.29, 1.82) is 0 Å². The van der Waals surface area contributed by atoms with E-state index in [2.05, 4.69) is 12.2 Å². The Hall–Kier alpha value is -3.02. The number of ether oxygens (including phenoxy) is 2. The molecule has 0 aromatic heterocycles. The summed E-state index contributed by atoms with van der Waals surface area (Å²) < 4.78 is 11.6. The number of anilines is 2. The summed E-state index contributed by atoms with van der Waals surface area (Å²) >= 11 is 0. The Morgan fingerprint density at radius 1 is 1.24 bits per heavy atom. The van der Waals surface area contributed by atoms with Gasteiger partial charge in [-0.15, -0.1) is 0 Å². The summed E-state index contributed by atoms with van der Waals surface area (Å²) in [6.07, 6.45) is 1.73. The second kappa shape index (κ2) is 9.45. The minimum absolute atomic E-state index is 0.0184. The highest BCUT2D eigenvalue weighted by Crippen LogP contribution is 2.36. The Kier molecular flexibility index (Phi) is 6.75. The molecule has 0 aliphatic carbocycles. The van der Waals surface area contributed by atoms with Crippen LogP contribution in [0.2, 0.25) is 0 Å². The fourth-order valence-corrected chi connectivity index (χ4v) is 3.24. The standard InChI is InChI=1S/C23H28N2O4/c1-4-5-9-22(26)24-18-10-11-20-21(15-18)29-17(3)23(27)25(20)12-13-28-19-8-6-7-16(2)14-19/h6-8,10-11,14-15,17H,4-5,9,12-13H2,1-3H3,(H,24,26). The highest BCUT2D eigenvalue weighted by atomic mass is 16.5. The minimum Gasteiger partial charge on any atom is -0.492 e. The number of rotatable bonds is 8. The van der Waals surface area contributed by atoms with E-state index in [1.54, 1.807) is 30.0 Å². The van der Waals surface area contributed by atoms with E-state index in [1.165, 1.54) is 0 Å². The van der Waals surface area contributed by atoms with Crippen LogP contribution >= 0.6 is 0 Å². The first kappa shape index (κ1) is 20.7. The Morgan fingerprint density at radius 2 is 2.07 bits per heavy atom. The zero-order valence-electron chi connectivity index (χ0n) is 17.2. The van der Waals surface area contributed by atoms with Gasteiger partial charge in [-0.05, 0) is 50.1 Å². The first-order valence-electron chi connectivity index (χ1n) is 10.1. The van der Waals surface area contributed by atoms with Crippen LogP contribution in [0.5, 0.6) is 11.5 Å². The number of aryl methyl sites for hydroxylation is 1. The fraction of sp³-hybridized carbons (Fsp3) is 0.391. The molecule has 0 saturated heterocycles. The molecule has 2 amide bonds. The molecule has 3 rings (SSSR count). The Balaban J connectivity index is 1.69. The number of hydrogen-bond donors (Lipinski definition) is 1. The third kappa shape index (κ3) is 5.28. The molecule has 0 bridgehead atoms. The van der Waals surface area contributed by atoms with Crippen molar-refractivity contribution in [1.82, 2.24) is 0 Å². The second-order valence-electron chi connectivity index (χ2n) is 7.25. The largest absolute Gasteiger partial charge is 0.492 e. The number of carbonyl (C=O) groups is 2. The van der Waals surface area contributed by atoms with Gasteiger partial charge < -0.3 is 19.7 Å². The summed E-state index contributed by atoms with van der Waals surface area (Å²) in [5.74, 6) is 1.24. The van der Waals surface area contributed by atoms with Gasteiger partial charge in [0.1, 0.15) is 18.1 Å². The molecular weight excluding hydrogens is 368 g/mol. The molecule has 6 heteroatoms. The van der Waals surface area contributed by atoms with Gasteiger partial charge in [0.25, 0.3) is 5.91 Å². The van der Waals surface area contributed by atoms with Crippen molar-refractivity contribution in [2.75, 3.05) is 23.4 Å². The predicted octanol–water partition coefficient (Wildman–Crippen LogP) is 4.32. The number of fused-ring (bicyclic) bond motifs is 1. The lowest BCUT2D eigenvalue weighted by Crippen LogP contribution is -2.46. The average Bonchev–Trinajstić information content (AvgIpc) is 2.69. The van der Waals surface area contributed by atoms with Gasteiger partial charge in [0, 0.05) is 18.2 Å². The topological polar surface area (TPSA) is 67.9 Å². The molecule has 0 radical (unpaired) electrons. The van der Waals surface area contributed by atoms with Gasteiger partial charge in [-0.25, -0.2) is 0 Å². The summed E-state index contributed by atoms with van der Waals surface area (Å²) in [7, 11) is 0. The molecule has 29 heavy (non-hydrogen) atoms. The second-order valence-corrected chi connectivity index (χ2v) is 7.25. The number of unbranched alkanes of at least 4 members (excludes halogenated alkanes) is 1. The lowest BCUT2D eigenvalue weighted by atomic mass is 10.1. The van der Waals surface area contributed by atoms with Gasteiger partial charge in [-0.2, -0.15) is 0 Å². The molecular formula is C23H28N2O4. The van der Waals surface area contributed by atoms with E-state index in [0.717, 1.165) is 24.2 Å². The van der Waals surface area contributed by atoms with Crippen LogP contribution in [0.3, 0.4) is 0 Å². The molecule has 1 aliphatic heterocycles. The van der Waals surface area contributed by atoms with Gasteiger partial charge in [-0.1, -0.05) is 25.5 Å². The summed E-state index contributed by atoms with van der Waals surface area (Å²) in [6, 6.07) is 13.2. The summed E-state index contributed by atoms with van der Waals surface area (Å²) in [6.45, 7) is 6.57. The molecule has 0 spiro atoms. The fourth-order valence-electron chi connectivity index (χ4n) is 3.24. The van der Waals surface area contributed by atoms with Crippen molar-refractivity contribution in [2.24, 2.45) is 0 Å². The predicted molar refractivity (Wildman–Crippen MR) is 114 cm³/mol. The van der Waals surface area contributed by atoms with Gasteiger partial charge in [0.2, 0.25) is 5.91 Å². The third-order valence-electron chi connectivity index (χ3n) is 4.78. The summed E-state index contributed by atoms with van der Waals surface area (Å²) in [5.41, 5.74) is 2.48. The quantitative estimate of drug-likeness (QED) is 0.722. The molecule has 1 heterocycles. The third-order valence-corrected chi connectivity index (χ3v) is 4.78. The van der Waals surface area contributed by atoms with Crippen LogP contribution in [0.4, 0.5) is 11.4 Å². The van der Waals surface area contributed by atoms with Crippen molar-refractivity contribution in [3.05, 3.63) is 48.0 Å². The van der Waals surface area contributed by atoms with E-state index in [1.807, 2.05) is 31.2 Å². The highest BCUT2D eigenvalue weighted by Gasteiger charge is 2.31. The maximum Gasteiger partial charge on any atom is 0.267 e. The monoisotopic (exact) mass is 396 g/mol. The maximum absolute atomic E-state index is 12.6. The van der Waals surface area contributed by atoms with Crippen molar-refractivity contribution >= 4 is 23.2 Å². The zero-order chi connectivity index (χ0) is 20.8. The Labute approximate surface area is 171 Å². The number of benzene rings is 2. The first-order valence-corrected chi connectivity index (χ1v) is 10.1. The van der Waals surface area contributed by atoms with Crippen LogP contribution in [0.15, 0.2) is 42.5 Å². The molecule has 0 saturated carbocycles. The van der Waals surface area contributed by atoms with Gasteiger partial charge >= 0.3 is 0 Å². The van der Waals surface area contributed by atoms with Crippen LogP contribution < -0.4 is 19.7 Å². The van der Waals surface area contributed by atoms with Gasteiger partial charge in [0.15, 0.2) is 6.10 Å². The molecule has 2 aromatic carbocycles. The van der Waals surface area contributed by atoms with Crippen LogP contribution in [-0.4, -0.2) is 31.1 Å². The van der Waals surface area contributed by atoms with Crippen LogP contribution in [0.1, 0.15) is 38.7 Å². The van der Waals surface area contributed by atoms with E-state index in [0.29, 0.717) is 36.7 Å². The summed E-state index contributed by atoms with van der Waals surface area (Å²) in [4.78, 5) is 26.3. The smallest absolute Gasteiger partial charge is 0.267 e. The normalized spacial score (nSPS) is 15.5. The summed E-state index contributed by atoms with van der Waals surface area (Å²) in [5, 5.41) is 2.89. The lowest BCUT2D eigenvalue weighted by Gasteiger charge is -2.33. The molecule has 2 aromatic rings. The zero-order valence-corrected chi connectivity index (χ0v) is 17.2. The molecule has 6 nitrogen and oxygen atoms in total. The average molecular weight is 396 g/mol. The first-order chi connectivity index (χ1) is 14.0. The van der Waals surface area contributed by atoms with E-state index in [9.17, 15) is 9.59 Å². The Bertz CT molecular complexity index is 881. The number of amides is 2. The molecule has 1 unspecified atom stereocenters. The number of nitrogens with one attached hydrogen (secondary N) is 1. The van der Waals surface area contributed by atoms with E-state index < -0.39 is 6.10 Å². The number of hydrogen-bond acceptors (Lipinski definition) is 4. The maximum atomic E-state index is 12.6. The van der Waals surface area contributed by atoms with E-state index in [-0.39, 0.29) is 11.8 Å². The van der Waals surface area contributed by atoms with Gasteiger partial charge in [-0.3, -0.25) is 9.59 Å². The van der Waals surface area contributed by atoms with Gasteiger partial charge in [0.05, 0.1) is 12.2 Å². The number of nitrogens with zero attached hydrogens (tertiary/aromatic N) is 1. The van der Waals surface area contributed by atoms with Crippen molar-refractivity contribution < 1.29 is 19.1 Å². The SMILES string of the molecule is CCCCC(=O)Nc1ccc2c(c1)OC(C)C(=O)N2CCOc1cccc(C)c1.